The van der Waals surface area contributed by atoms with E-state index in [2.05, 4.69) is 5.32 Å². The zero-order valence-electron chi connectivity index (χ0n) is 17.8. The average Bonchev–Trinajstić information content (AvgIpc) is 2.99. The molecule has 32 heavy (non-hydrogen) atoms. The van der Waals surface area contributed by atoms with Gasteiger partial charge in [0.25, 0.3) is 0 Å². The van der Waals surface area contributed by atoms with E-state index in [1.54, 1.807) is 13.2 Å². The van der Waals surface area contributed by atoms with Crippen molar-refractivity contribution < 1.29 is 9.53 Å². The quantitative estimate of drug-likeness (QED) is 0.464. The Kier molecular flexibility index (Phi) is 6.93. The van der Waals surface area contributed by atoms with Gasteiger partial charge in [0, 0.05) is 17.1 Å². The maximum atomic E-state index is 12.5. The van der Waals surface area contributed by atoms with Crippen LogP contribution in [0.25, 0.3) is 0 Å². The normalized spacial score (nSPS) is 12.8. The lowest BCUT2D eigenvalue weighted by Crippen LogP contribution is -2.16. The average molecular weight is 464 g/mol. The Labute approximate surface area is 196 Å². The van der Waals surface area contributed by atoms with Crippen LogP contribution in [0.3, 0.4) is 0 Å². The number of carbonyl (C=O) groups excluding carboxylic acids is 1. The molecule has 3 aromatic rings. The summed E-state index contributed by atoms with van der Waals surface area (Å²) in [5.74, 6) is 0.917. The van der Waals surface area contributed by atoms with Crippen molar-refractivity contribution in [2.24, 2.45) is 9.98 Å². The second-order valence-electron chi connectivity index (χ2n) is 7.26. The highest BCUT2D eigenvalue weighted by Crippen LogP contribution is 2.33. The zero-order valence-corrected chi connectivity index (χ0v) is 19.3. The number of hydrogen-bond donors (Lipinski definition) is 1. The second kappa shape index (κ2) is 10.0. The fraction of sp³-hybridized carbons (Fsp3) is 0.160. The molecule has 1 heterocycles. The van der Waals surface area contributed by atoms with Crippen LogP contribution < -0.4 is 10.1 Å². The summed E-state index contributed by atoms with van der Waals surface area (Å²) < 4.78 is 5.27. The molecule has 1 aliphatic heterocycles. The summed E-state index contributed by atoms with van der Waals surface area (Å²) in [6.45, 7) is 1.92. The van der Waals surface area contributed by atoms with Gasteiger partial charge in [-0.1, -0.05) is 29.8 Å². The smallest absolute Gasteiger partial charge is 0.234 e. The number of nitrogens with zero attached hydrogens (tertiary/aromatic N) is 2. The van der Waals surface area contributed by atoms with Crippen LogP contribution in [0.4, 0.5) is 17.1 Å². The first-order chi connectivity index (χ1) is 15.5. The Morgan fingerprint density at radius 1 is 1.06 bits per heavy atom. The number of benzene rings is 3. The number of hydrogen-bond acceptors (Lipinski definition) is 5. The van der Waals surface area contributed by atoms with E-state index in [4.69, 9.17) is 26.3 Å². The molecule has 162 valence electrons. The number of nitrogens with one attached hydrogen (secondary N) is 1. The van der Waals surface area contributed by atoms with Crippen molar-refractivity contribution in [2.75, 3.05) is 18.2 Å². The minimum Gasteiger partial charge on any atom is -0.497 e. The van der Waals surface area contributed by atoms with E-state index < -0.39 is 0 Å². The number of ether oxygens (including phenoxy) is 1. The van der Waals surface area contributed by atoms with Gasteiger partial charge in [0.05, 0.1) is 35.0 Å². The standard InChI is InChI=1S/C25H22ClN3O2S/c1-16-7-10-18(13-20(16)26)27-24(30)15-32-25-14-23(17-8-11-19(31-2)12-9-17)28-21-5-3-4-6-22(21)29-25/h3-13H,14-15H2,1-2H3,(H,27,30). The van der Waals surface area contributed by atoms with Crippen LogP contribution in [0, 0.1) is 6.92 Å². The number of amides is 1. The van der Waals surface area contributed by atoms with Gasteiger partial charge in [-0.25, -0.2) is 4.99 Å². The van der Waals surface area contributed by atoms with Crippen molar-refractivity contribution in [3.63, 3.8) is 0 Å². The molecular formula is C25H22ClN3O2S. The third-order valence-electron chi connectivity index (χ3n) is 4.95. The van der Waals surface area contributed by atoms with E-state index in [1.165, 1.54) is 11.8 Å². The molecule has 0 spiro atoms. The number of para-hydroxylation sites is 2. The lowest BCUT2D eigenvalue weighted by molar-refractivity contribution is -0.113. The SMILES string of the molecule is COc1ccc(C2=Nc3ccccc3N=C(SCC(=O)Nc3ccc(C)c(Cl)c3)C2)cc1. The number of methoxy groups -OCH3 is 1. The molecular weight excluding hydrogens is 442 g/mol. The molecule has 5 nitrogen and oxygen atoms in total. The molecule has 0 fully saturated rings. The fourth-order valence-electron chi connectivity index (χ4n) is 3.21. The van der Waals surface area contributed by atoms with Crippen molar-refractivity contribution in [3.8, 4) is 5.75 Å². The molecule has 3 aromatic carbocycles. The van der Waals surface area contributed by atoms with Gasteiger partial charge in [0.1, 0.15) is 5.75 Å². The van der Waals surface area contributed by atoms with Crippen LogP contribution in [0.5, 0.6) is 5.75 Å². The van der Waals surface area contributed by atoms with Gasteiger partial charge < -0.3 is 10.1 Å². The van der Waals surface area contributed by atoms with Crippen LogP contribution in [-0.2, 0) is 4.79 Å². The fourth-order valence-corrected chi connectivity index (χ4v) is 4.16. The van der Waals surface area contributed by atoms with E-state index >= 15 is 0 Å². The van der Waals surface area contributed by atoms with Gasteiger partial charge in [0.15, 0.2) is 0 Å². The highest BCUT2D eigenvalue weighted by atomic mass is 35.5. The molecule has 0 aliphatic carbocycles. The maximum absolute atomic E-state index is 12.5. The van der Waals surface area contributed by atoms with Gasteiger partial charge >= 0.3 is 0 Å². The Morgan fingerprint density at radius 3 is 2.47 bits per heavy atom. The maximum Gasteiger partial charge on any atom is 0.234 e. The number of rotatable bonds is 5. The third kappa shape index (κ3) is 5.39. The van der Waals surface area contributed by atoms with Crippen LogP contribution in [-0.4, -0.2) is 29.5 Å². The van der Waals surface area contributed by atoms with Crippen LogP contribution in [0.2, 0.25) is 5.02 Å². The summed E-state index contributed by atoms with van der Waals surface area (Å²) >= 11 is 7.57. The second-order valence-corrected chi connectivity index (χ2v) is 8.71. The van der Waals surface area contributed by atoms with Gasteiger partial charge in [-0.05, 0) is 66.6 Å². The van der Waals surface area contributed by atoms with Gasteiger partial charge in [-0.2, -0.15) is 0 Å². The highest BCUT2D eigenvalue weighted by Gasteiger charge is 2.17. The van der Waals surface area contributed by atoms with Crippen LogP contribution in [0.1, 0.15) is 17.5 Å². The van der Waals surface area contributed by atoms with E-state index in [-0.39, 0.29) is 11.7 Å². The molecule has 4 rings (SSSR count). The summed E-state index contributed by atoms with van der Waals surface area (Å²) in [6, 6.07) is 21.1. The molecule has 1 N–H and O–H groups in total. The summed E-state index contributed by atoms with van der Waals surface area (Å²) in [5, 5.41) is 4.36. The monoisotopic (exact) mass is 463 g/mol. The minimum absolute atomic E-state index is 0.113. The lowest BCUT2D eigenvalue weighted by Gasteiger charge is -2.09. The number of carbonyl (C=O) groups is 1. The predicted molar refractivity (Wildman–Crippen MR) is 135 cm³/mol. The van der Waals surface area contributed by atoms with Gasteiger partial charge in [-0.3, -0.25) is 9.79 Å². The molecule has 1 aliphatic rings. The van der Waals surface area contributed by atoms with Gasteiger partial charge in [0.2, 0.25) is 5.91 Å². The third-order valence-corrected chi connectivity index (χ3v) is 6.33. The summed E-state index contributed by atoms with van der Waals surface area (Å²) in [7, 11) is 1.64. The molecule has 0 saturated carbocycles. The molecule has 0 saturated heterocycles. The van der Waals surface area contributed by atoms with Crippen molar-refractivity contribution in [1.29, 1.82) is 0 Å². The highest BCUT2D eigenvalue weighted by molar-refractivity contribution is 8.14. The predicted octanol–water partition coefficient (Wildman–Crippen LogP) is 6.58. The lowest BCUT2D eigenvalue weighted by atomic mass is 10.1. The van der Waals surface area contributed by atoms with E-state index in [0.717, 1.165) is 39.0 Å². The largest absolute Gasteiger partial charge is 0.497 e. The first-order valence-electron chi connectivity index (χ1n) is 10.1. The van der Waals surface area contributed by atoms with Crippen molar-refractivity contribution in [1.82, 2.24) is 0 Å². The Bertz CT molecular complexity index is 1210. The zero-order chi connectivity index (χ0) is 22.5. The Hall–Kier alpha value is -3.09. The molecule has 0 unspecified atom stereocenters. The van der Waals surface area contributed by atoms with Crippen LogP contribution in [0.15, 0.2) is 76.7 Å². The summed E-state index contributed by atoms with van der Waals surface area (Å²) in [4.78, 5) is 22.2. The number of halogens is 1. The first-order valence-corrected chi connectivity index (χ1v) is 11.5. The number of thioether (sulfide) groups is 1. The molecule has 1 amide bonds. The number of aliphatic imine (C=N–C) groups is 2. The molecule has 7 heteroatoms. The van der Waals surface area contributed by atoms with Gasteiger partial charge in [-0.15, -0.1) is 11.8 Å². The van der Waals surface area contributed by atoms with Crippen molar-refractivity contribution >= 4 is 57.1 Å². The molecule has 0 radical (unpaired) electrons. The molecule has 0 atom stereocenters. The van der Waals surface area contributed by atoms with Crippen LogP contribution >= 0.6 is 23.4 Å². The minimum atomic E-state index is -0.113. The molecule has 0 bridgehead atoms. The summed E-state index contributed by atoms with van der Waals surface area (Å²) in [6.07, 6.45) is 0.537. The summed E-state index contributed by atoms with van der Waals surface area (Å²) in [5.41, 5.74) is 5.15. The number of aryl methyl sites for hydroxylation is 1. The van der Waals surface area contributed by atoms with E-state index in [0.29, 0.717) is 17.1 Å². The number of anilines is 1. The Balaban J connectivity index is 1.51. The topological polar surface area (TPSA) is 63.1 Å². The van der Waals surface area contributed by atoms with Crippen molar-refractivity contribution in [2.45, 2.75) is 13.3 Å². The van der Waals surface area contributed by atoms with E-state index in [1.807, 2.05) is 67.6 Å². The Morgan fingerprint density at radius 2 is 1.78 bits per heavy atom. The van der Waals surface area contributed by atoms with E-state index in [9.17, 15) is 4.79 Å². The molecule has 0 aromatic heterocycles. The van der Waals surface area contributed by atoms with Crippen molar-refractivity contribution in [3.05, 3.63) is 82.9 Å². The first kappa shape index (κ1) is 22.1. The number of fused-ring (bicyclic) bond motifs is 1.